The molecule has 2 unspecified atom stereocenters. The van der Waals surface area contributed by atoms with Gasteiger partial charge < -0.3 is 15.4 Å². The Bertz CT molecular complexity index is 990. The summed E-state index contributed by atoms with van der Waals surface area (Å²) in [4.78, 5) is 50.5. The number of nitrogens with zero attached hydrogens (tertiary/aromatic N) is 1. The fourth-order valence-electron chi connectivity index (χ4n) is 5.04. The number of halogens is 1. The fraction of sp³-hybridized carbons (Fsp3) is 0.524. The summed E-state index contributed by atoms with van der Waals surface area (Å²) in [5.74, 6) is -3.15. The third kappa shape index (κ3) is 3.12. The van der Waals surface area contributed by atoms with Crippen molar-refractivity contribution in [3.8, 4) is 0 Å². The van der Waals surface area contributed by atoms with Crippen molar-refractivity contribution >= 4 is 29.3 Å². The van der Waals surface area contributed by atoms with Crippen molar-refractivity contribution in [3.63, 3.8) is 0 Å². The van der Waals surface area contributed by atoms with Crippen LogP contribution in [-0.2, 0) is 14.3 Å². The van der Waals surface area contributed by atoms with Crippen molar-refractivity contribution in [2.45, 2.75) is 37.8 Å². The summed E-state index contributed by atoms with van der Waals surface area (Å²) in [6.07, 6.45) is 1.92. The lowest BCUT2D eigenvalue weighted by atomic mass is 9.68. The molecule has 0 aromatic heterocycles. The van der Waals surface area contributed by atoms with Crippen LogP contribution in [0.4, 0.5) is 10.1 Å². The highest BCUT2D eigenvalue weighted by atomic mass is 19.1. The minimum atomic E-state index is -1.08. The molecule has 10 heteroatoms. The Kier molecular flexibility index (Phi) is 4.78. The summed E-state index contributed by atoms with van der Waals surface area (Å²) in [6, 6.07) is 1.44. The molecular formula is C21H23FN4O5. The van der Waals surface area contributed by atoms with E-state index in [-0.39, 0.29) is 41.1 Å². The van der Waals surface area contributed by atoms with Crippen molar-refractivity contribution in [3.05, 3.63) is 29.1 Å². The molecule has 0 aliphatic carbocycles. The first kappa shape index (κ1) is 20.1. The van der Waals surface area contributed by atoms with Crippen LogP contribution in [0.15, 0.2) is 12.1 Å². The number of benzene rings is 1. The van der Waals surface area contributed by atoms with Crippen LogP contribution >= 0.6 is 0 Å². The van der Waals surface area contributed by atoms with E-state index >= 15 is 0 Å². The van der Waals surface area contributed by atoms with Crippen LogP contribution in [0.5, 0.6) is 0 Å². The minimum Gasteiger partial charge on any atom is -0.381 e. The zero-order valence-corrected chi connectivity index (χ0v) is 16.8. The smallest absolute Gasteiger partial charge is 0.264 e. The van der Waals surface area contributed by atoms with Gasteiger partial charge in [-0.3, -0.25) is 29.4 Å². The molecule has 0 saturated carbocycles. The van der Waals surface area contributed by atoms with Gasteiger partial charge in [-0.1, -0.05) is 0 Å². The maximum absolute atomic E-state index is 14.7. The second-order valence-corrected chi connectivity index (χ2v) is 8.58. The molecule has 1 spiro atoms. The predicted octanol–water partition coefficient (Wildman–Crippen LogP) is 0.407. The van der Waals surface area contributed by atoms with E-state index < -0.39 is 35.5 Å². The first-order chi connectivity index (χ1) is 14.9. The Hall–Kier alpha value is -2.85. The standard InChI is InChI=1S/C21H23FN4O5/c22-12-2-1-11-16(17(12)23-9-14-21(10-24-14)5-7-31-8-6-21)20(30)26(19(11)29)13-3-4-15(27)25-18(13)28/h1-2,13-14,23-24H,3-10H2,(H,25,27,28). The molecule has 3 N–H and O–H groups in total. The predicted molar refractivity (Wildman–Crippen MR) is 106 cm³/mol. The van der Waals surface area contributed by atoms with E-state index in [4.69, 9.17) is 4.74 Å². The largest absolute Gasteiger partial charge is 0.381 e. The molecule has 1 aromatic rings. The average molecular weight is 430 g/mol. The molecule has 0 radical (unpaired) electrons. The summed E-state index contributed by atoms with van der Waals surface area (Å²) in [7, 11) is 0. The van der Waals surface area contributed by atoms with Gasteiger partial charge in [0, 0.05) is 44.2 Å². The fourth-order valence-corrected chi connectivity index (χ4v) is 5.04. The minimum absolute atomic E-state index is 0.0263. The number of imide groups is 2. The number of amides is 4. The Morgan fingerprint density at radius 2 is 1.94 bits per heavy atom. The average Bonchev–Trinajstić information content (AvgIpc) is 3.00. The highest BCUT2D eigenvalue weighted by molar-refractivity contribution is 6.25. The van der Waals surface area contributed by atoms with Crippen molar-refractivity contribution in [1.29, 1.82) is 0 Å². The third-order valence-electron chi connectivity index (χ3n) is 6.97. The van der Waals surface area contributed by atoms with Crippen molar-refractivity contribution in [2.75, 3.05) is 31.6 Å². The van der Waals surface area contributed by atoms with Gasteiger partial charge in [0.25, 0.3) is 11.8 Å². The molecule has 3 saturated heterocycles. The van der Waals surface area contributed by atoms with Crippen LogP contribution in [0.2, 0.25) is 0 Å². The Labute approximate surface area is 177 Å². The lowest BCUT2D eigenvalue weighted by molar-refractivity contribution is -0.136. The summed E-state index contributed by atoms with van der Waals surface area (Å²) in [6.45, 7) is 2.66. The topological polar surface area (TPSA) is 117 Å². The number of hydrogen-bond donors (Lipinski definition) is 3. The number of carbonyl (C=O) groups excluding carboxylic acids is 4. The van der Waals surface area contributed by atoms with Crippen LogP contribution < -0.4 is 16.0 Å². The SMILES string of the molecule is O=C1CCC(N2C(=O)c3ccc(F)c(NCC4NCC45CCOCC5)c3C2=O)C(=O)N1. The van der Waals surface area contributed by atoms with Gasteiger partial charge >= 0.3 is 0 Å². The van der Waals surface area contributed by atoms with E-state index in [9.17, 15) is 23.6 Å². The van der Waals surface area contributed by atoms with Gasteiger partial charge in [-0.05, 0) is 31.4 Å². The number of nitrogens with one attached hydrogen (secondary N) is 3. The normalized spacial score (nSPS) is 27.2. The van der Waals surface area contributed by atoms with Gasteiger partial charge in [0.15, 0.2) is 0 Å². The molecule has 164 valence electrons. The van der Waals surface area contributed by atoms with Crippen LogP contribution in [0.3, 0.4) is 0 Å². The quantitative estimate of drug-likeness (QED) is 0.593. The van der Waals surface area contributed by atoms with E-state index in [2.05, 4.69) is 16.0 Å². The highest BCUT2D eigenvalue weighted by Crippen LogP contribution is 2.40. The highest BCUT2D eigenvalue weighted by Gasteiger charge is 2.48. The number of hydrogen-bond acceptors (Lipinski definition) is 7. The van der Waals surface area contributed by atoms with E-state index in [1.807, 2.05) is 0 Å². The Balaban J connectivity index is 1.39. The number of piperidine rings is 1. The molecule has 31 heavy (non-hydrogen) atoms. The molecule has 0 bridgehead atoms. The van der Waals surface area contributed by atoms with Crippen molar-refractivity contribution in [1.82, 2.24) is 15.5 Å². The molecule has 4 aliphatic rings. The molecule has 4 aliphatic heterocycles. The van der Waals surface area contributed by atoms with Crippen LogP contribution in [0, 0.1) is 11.2 Å². The Morgan fingerprint density at radius 1 is 1.16 bits per heavy atom. The number of ether oxygens (including phenoxy) is 1. The van der Waals surface area contributed by atoms with Crippen molar-refractivity contribution < 1.29 is 28.3 Å². The first-order valence-corrected chi connectivity index (χ1v) is 10.5. The van der Waals surface area contributed by atoms with Gasteiger partial charge in [-0.15, -0.1) is 0 Å². The molecule has 3 fully saturated rings. The number of anilines is 1. The number of carbonyl (C=O) groups is 4. The maximum Gasteiger partial charge on any atom is 0.264 e. The maximum atomic E-state index is 14.7. The summed E-state index contributed by atoms with van der Waals surface area (Å²) in [5, 5.41) is 8.57. The first-order valence-electron chi connectivity index (χ1n) is 10.5. The van der Waals surface area contributed by atoms with Crippen LogP contribution in [0.25, 0.3) is 0 Å². The van der Waals surface area contributed by atoms with E-state index in [0.29, 0.717) is 19.8 Å². The number of fused-ring (bicyclic) bond motifs is 1. The van der Waals surface area contributed by atoms with Crippen molar-refractivity contribution in [2.24, 2.45) is 5.41 Å². The van der Waals surface area contributed by atoms with Gasteiger partial charge in [-0.2, -0.15) is 0 Å². The molecule has 4 heterocycles. The third-order valence-corrected chi connectivity index (χ3v) is 6.97. The van der Waals surface area contributed by atoms with Gasteiger partial charge in [0.1, 0.15) is 11.9 Å². The van der Waals surface area contributed by atoms with E-state index in [1.165, 1.54) is 6.07 Å². The zero-order valence-electron chi connectivity index (χ0n) is 16.8. The molecule has 1 aromatic carbocycles. The number of rotatable bonds is 4. The molecule has 5 rings (SSSR count). The van der Waals surface area contributed by atoms with Crippen LogP contribution in [-0.4, -0.2) is 66.9 Å². The monoisotopic (exact) mass is 430 g/mol. The summed E-state index contributed by atoms with van der Waals surface area (Å²) in [5.41, 5.74) is 0.0655. The molecule has 2 atom stereocenters. The van der Waals surface area contributed by atoms with E-state index in [1.54, 1.807) is 0 Å². The Morgan fingerprint density at radius 3 is 2.61 bits per heavy atom. The second-order valence-electron chi connectivity index (χ2n) is 8.58. The summed E-state index contributed by atoms with van der Waals surface area (Å²) >= 11 is 0. The molecule has 9 nitrogen and oxygen atoms in total. The lowest BCUT2D eigenvalue weighted by Gasteiger charge is -2.52. The van der Waals surface area contributed by atoms with Gasteiger partial charge in [-0.25, -0.2) is 4.39 Å². The zero-order chi connectivity index (χ0) is 21.8. The summed E-state index contributed by atoms with van der Waals surface area (Å²) < 4.78 is 20.2. The molecule has 4 amide bonds. The van der Waals surface area contributed by atoms with Crippen LogP contribution in [0.1, 0.15) is 46.4 Å². The molecular weight excluding hydrogens is 407 g/mol. The second kappa shape index (κ2) is 7.38. The van der Waals surface area contributed by atoms with Gasteiger partial charge in [0.05, 0.1) is 16.8 Å². The van der Waals surface area contributed by atoms with Gasteiger partial charge in [0.2, 0.25) is 11.8 Å². The van der Waals surface area contributed by atoms with E-state index in [0.717, 1.165) is 30.4 Å². The lowest BCUT2D eigenvalue weighted by Crippen LogP contribution is -2.66.